The third kappa shape index (κ3) is 3.43. The Hall–Kier alpha value is -0.570. The van der Waals surface area contributed by atoms with Crippen molar-refractivity contribution >= 4 is 0 Å². The van der Waals surface area contributed by atoms with E-state index >= 15 is 0 Å². The molecule has 0 amide bonds. The van der Waals surface area contributed by atoms with Crippen molar-refractivity contribution in [2.45, 2.75) is 20.3 Å². The predicted molar refractivity (Wildman–Crippen MR) is 28.0 cm³/mol. The SMILES string of the molecule is CC#C[CH+]CC. The van der Waals surface area contributed by atoms with Gasteiger partial charge in [-0.3, -0.25) is 0 Å². The van der Waals surface area contributed by atoms with Crippen molar-refractivity contribution in [2.75, 3.05) is 0 Å². The highest BCUT2D eigenvalue weighted by Crippen LogP contribution is 1.76. The summed E-state index contributed by atoms with van der Waals surface area (Å²) in [5.74, 6) is 5.59. The van der Waals surface area contributed by atoms with Gasteiger partial charge >= 0.3 is 0 Å². The molecule has 0 atom stereocenters. The summed E-state index contributed by atoms with van der Waals surface area (Å²) in [6.07, 6.45) is 3.00. The van der Waals surface area contributed by atoms with Crippen molar-refractivity contribution in [1.82, 2.24) is 0 Å². The highest BCUT2D eigenvalue weighted by Gasteiger charge is 1.75. The van der Waals surface area contributed by atoms with E-state index in [1.807, 2.05) is 13.3 Å². The predicted octanol–water partition coefficient (Wildman–Crippen LogP) is 1.62. The van der Waals surface area contributed by atoms with E-state index in [0.29, 0.717) is 0 Å². The Bertz CT molecular complexity index is 61.8. The summed E-state index contributed by atoms with van der Waals surface area (Å²) in [4.78, 5) is 0. The summed E-state index contributed by atoms with van der Waals surface area (Å²) in [5, 5.41) is 0. The van der Waals surface area contributed by atoms with Gasteiger partial charge in [0, 0.05) is 6.42 Å². The summed E-state index contributed by atoms with van der Waals surface area (Å²) in [6.45, 7) is 3.91. The molecule has 0 bridgehead atoms. The fraction of sp³-hybridized carbons (Fsp3) is 0.500. The minimum absolute atomic E-state index is 1.06. The van der Waals surface area contributed by atoms with E-state index in [9.17, 15) is 0 Å². The molecule has 0 heterocycles. The molecule has 0 aromatic carbocycles. The van der Waals surface area contributed by atoms with Gasteiger partial charge in [-0.25, -0.2) is 0 Å². The van der Waals surface area contributed by atoms with Crippen molar-refractivity contribution in [1.29, 1.82) is 0 Å². The first-order chi connectivity index (χ1) is 2.91. The minimum Gasteiger partial charge on any atom is -0.0432 e. The van der Waals surface area contributed by atoms with Crippen LogP contribution in [0.4, 0.5) is 0 Å². The molecular weight excluding hydrogens is 72.1 g/mol. The van der Waals surface area contributed by atoms with Gasteiger partial charge in [-0.1, -0.05) is 0 Å². The van der Waals surface area contributed by atoms with Gasteiger partial charge in [0.15, 0.2) is 0 Å². The second kappa shape index (κ2) is 4.43. The molecule has 0 heteroatoms. The summed E-state index contributed by atoms with van der Waals surface area (Å²) in [5.41, 5.74) is 0. The summed E-state index contributed by atoms with van der Waals surface area (Å²) >= 11 is 0. The van der Waals surface area contributed by atoms with Crippen molar-refractivity contribution < 1.29 is 0 Å². The third-order valence-corrected chi connectivity index (χ3v) is 0.451. The average molecular weight is 81.1 g/mol. The van der Waals surface area contributed by atoms with E-state index in [1.54, 1.807) is 0 Å². The van der Waals surface area contributed by atoms with Gasteiger partial charge in [0.1, 0.15) is 11.8 Å². The first kappa shape index (κ1) is 5.43. The summed E-state index contributed by atoms with van der Waals surface area (Å²) in [6, 6.07) is 0. The van der Waals surface area contributed by atoms with Crippen LogP contribution in [0.15, 0.2) is 0 Å². The van der Waals surface area contributed by atoms with Crippen LogP contribution in [0, 0.1) is 18.3 Å². The average Bonchev–Trinajstić information content (AvgIpc) is 1.61. The maximum absolute atomic E-state index is 2.82. The van der Waals surface area contributed by atoms with Crippen LogP contribution < -0.4 is 0 Å². The Balaban J connectivity index is 2.79. The van der Waals surface area contributed by atoms with Gasteiger partial charge in [0.2, 0.25) is 0 Å². The van der Waals surface area contributed by atoms with Crippen LogP contribution in [-0.2, 0) is 0 Å². The minimum atomic E-state index is 1.06. The second-order valence-electron chi connectivity index (χ2n) is 1.01. The molecule has 0 rings (SSSR count). The molecule has 6 heavy (non-hydrogen) atoms. The maximum Gasteiger partial charge on any atom is 0.138 e. The standard InChI is InChI=1S/C6H9/c1-3-5-6-4-2/h5H,3H2,1-2H3/q+1. The highest BCUT2D eigenvalue weighted by atomic mass is 13.7. The lowest BCUT2D eigenvalue weighted by Gasteiger charge is -1.60. The van der Waals surface area contributed by atoms with Crippen molar-refractivity contribution in [2.24, 2.45) is 0 Å². The fourth-order valence-corrected chi connectivity index (χ4v) is 0.204. The van der Waals surface area contributed by atoms with Gasteiger partial charge in [0.05, 0.1) is 13.3 Å². The number of rotatable bonds is 1. The molecule has 0 unspecified atom stereocenters. The van der Waals surface area contributed by atoms with Crippen LogP contribution in [0.25, 0.3) is 0 Å². The Morgan fingerprint density at radius 3 is 2.50 bits per heavy atom. The van der Waals surface area contributed by atoms with Crippen molar-refractivity contribution in [3.8, 4) is 11.8 Å². The molecule has 32 valence electrons. The molecule has 0 radical (unpaired) electrons. The molecule has 0 nitrogen and oxygen atoms in total. The largest absolute Gasteiger partial charge is 0.138 e. The lowest BCUT2D eigenvalue weighted by molar-refractivity contribution is 1.16. The van der Waals surface area contributed by atoms with Crippen LogP contribution in [-0.4, -0.2) is 0 Å². The Labute approximate surface area is 39.6 Å². The van der Waals surface area contributed by atoms with Gasteiger partial charge in [-0.15, -0.1) is 0 Å². The van der Waals surface area contributed by atoms with Crippen LogP contribution in [0.1, 0.15) is 20.3 Å². The quantitative estimate of drug-likeness (QED) is 0.332. The van der Waals surface area contributed by atoms with E-state index in [1.165, 1.54) is 0 Å². The molecule has 0 aliphatic rings. The van der Waals surface area contributed by atoms with Gasteiger partial charge < -0.3 is 0 Å². The van der Waals surface area contributed by atoms with E-state index in [-0.39, 0.29) is 0 Å². The van der Waals surface area contributed by atoms with Gasteiger partial charge in [-0.05, 0) is 6.92 Å². The zero-order valence-corrected chi connectivity index (χ0v) is 4.28. The van der Waals surface area contributed by atoms with Crippen LogP contribution in [0.3, 0.4) is 0 Å². The zero-order chi connectivity index (χ0) is 4.83. The van der Waals surface area contributed by atoms with Crippen LogP contribution in [0.5, 0.6) is 0 Å². The number of hydrogen-bond donors (Lipinski definition) is 0. The molecule has 0 aromatic heterocycles. The van der Waals surface area contributed by atoms with Crippen molar-refractivity contribution in [3.63, 3.8) is 0 Å². The Morgan fingerprint density at radius 2 is 2.33 bits per heavy atom. The van der Waals surface area contributed by atoms with E-state index < -0.39 is 0 Å². The molecule has 0 aliphatic carbocycles. The molecule has 0 spiro atoms. The van der Waals surface area contributed by atoms with Gasteiger partial charge in [-0.2, -0.15) is 0 Å². The summed E-state index contributed by atoms with van der Waals surface area (Å²) in [7, 11) is 0. The topological polar surface area (TPSA) is 0 Å². The smallest absolute Gasteiger partial charge is 0.0432 e. The van der Waals surface area contributed by atoms with Crippen LogP contribution >= 0.6 is 0 Å². The second-order valence-corrected chi connectivity index (χ2v) is 1.01. The molecule has 0 aromatic rings. The lowest BCUT2D eigenvalue weighted by Crippen LogP contribution is -1.58. The molecule has 0 saturated carbocycles. The molecule has 0 N–H and O–H groups in total. The highest BCUT2D eigenvalue weighted by molar-refractivity contribution is 5.06. The normalized spacial score (nSPS) is 5.67. The number of hydrogen-bond acceptors (Lipinski definition) is 0. The zero-order valence-electron chi connectivity index (χ0n) is 4.28. The van der Waals surface area contributed by atoms with Gasteiger partial charge in [0.25, 0.3) is 0 Å². The maximum atomic E-state index is 2.82. The van der Waals surface area contributed by atoms with E-state index in [4.69, 9.17) is 0 Å². The first-order valence-corrected chi connectivity index (χ1v) is 2.15. The molecule has 0 saturated heterocycles. The first-order valence-electron chi connectivity index (χ1n) is 2.15. The van der Waals surface area contributed by atoms with E-state index in [2.05, 4.69) is 18.8 Å². The molecule has 0 aliphatic heterocycles. The molecule has 0 fully saturated rings. The Kier molecular flexibility index (Phi) is 4.01. The fourth-order valence-electron chi connectivity index (χ4n) is 0.204. The lowest BCUT2D eigenvalue weighted by atomic mass is 10.3. The Morgan fingerprint density at radius 1 is 1.67 bits per heavy atom. The van der Waals surface area contributed by atoms with Crippen LogP contribution in [0.2, 0.25) is 0 Å². The molecular formula is C6H9+. The number of unbranched alkanes of at least 4 members (excludes halogenated alkanes) is 1. The summed E-state index contributed by atoms with van der Waals surface area (Å²) < 4.78 is 0. The third-order valence-electron chi connectivity index (χ3n) is 0.451. The monoisotopic (exact) mass is 81.1 g/mol. The van der Waals surface area contributed by atoms with Crippen molar-refractivity contribution in [3.05, 3.63) is 6.42 Å². The van der Waals surface area contributed by atoms with E-state index in [0.717, 1.165) is 6.42 Å².